The summed E-state index contributed by atoms with van der Waals surface area (Å²) in [4.78, 5) is 11.1. The first-order chi connectivity index (χ1) is 14.4. The molecule has 5 nitrogen and oxygen atoms in total. The summed E-state index contributed by atoms with van der Waals surface area (Å²) in [6.07, 6.45) is 6.99. The molecule has 2 N–H and O–H groups in total. The lowest BCUT2D eigenvalue weighted by atomic mass is 9.87. The van der Waals surface area contributed by atoms with Gasteiger partial charge in [0.2, 0.25) is 0 Å². The van der Waals surface area contributed by atoms with E-state index < -0.39 is 0 Å². The predicted octanol–water partition coefficient (Wildman–Crippen LogP) is 4.06. The SMILES string of the molecule is CN=C(NCCc1ccncc1C)NC1CCN(c2ccc(C(C)(C)C)cc2)CC1. The highest BCUT2D eigenvalue weighted by Crippen LogP contribution is 2.26. The van der Waals surface area contributed by atoms with Crippen LogP contribution in [0.15, 0.2) is 47.7 Å². The number of guanidine groups is 1. The minimum Gasteiger partial charge on any atom is -0.371 e. The van der Waals surface area contributed by atoms with Crippen LogP contribution in [0.1, 0.15) is 50.3 Å². The molecule has 162 valence electrons. The zero-order valence-corrected chi connectivity index (χ0v) is 19.2. The van der Waals surface area contributed by atoms with Crippen molar-refractivity contribution in [1.82, 2.24) is 15.6 Å². The quantitative estimate of drug-likeness (QED) is 0.580. The van der Waals surface area contributed by atoms with E-state index in [4.69, 9.17) is 0 Å². The second kappa shape index (κ2) is 9.96. The van der Waals surface area contributed by atoms with E-state index in [0.29, 0.717) is 6.04 Å². The van der Waals surface area contributed by atoms with Crippen LogP contribution in [0.2, 0.25) is 0 Å². The molecule has 5 heteroatoms. The van der Waals surface area contributed by atoms with E-state index in [9.17, 15) is 0 Å². The summed E-state index contributed by atoms with van der Waals surface area (Å²) in [7, 11) is 1.85. The molecule has 1 aliphatic heterocycles. The maximum absolute atomic E-state index is 4.41. The first-order valence-corrected chi connectivity index (χ1v) is 11.1. The summed E-state index contributed by atoms with van der Waals surface area (Å²) in [6, 6.07) is 11.7. The Morgan fingerprint density at radius 2 is 1.83 bits per heavy atom. The maximum Gasteiger partial charge on any atom is 0.191 e. The number of nitrogens with one attached hydrogen (secondary N) is 2. The number of rotatable bonds is 5. The second-order valence-corrected chi connectivity index (χ2v) is 9.25. The zero-order chi connectivity index (χ0) is 21.6. The minimum atomic E-state index is 0.203. The van der Waals surface area contributed by atoms with Crippen LogP contribution < -0.4 is 15.5 Å². The highest BCUT2D eigenvalue weighted by atomic mass is 15.2. The Kier molecular flexibility index (Phi) is 7.35. The van der Waals surface area contributed by atoms with Gasteiger partial charge in [0.25, 0.3) is 0 Å². The average molecular weight is 408 g/mol. The summed E-state index contributed by atoms with van der Waals surface area (Å²) < 4.78 is 0. The molecule has 0 radical (unpaired) electrons. The lowest BCUT2D eigenvalue weighted by Gasteiger charge is -2.35. The summed E-state index contributed by atoms with van der Waals surface area (Å²) in [5.74, 6) is 0.898. The molecule has 0 amide bonds. The Morgan fingerprint density at radius 1 is 1.13 bits per heavy atom. The Balaban J connectivity index is 1.44. The molecule has 0 saturated carbocycles. The molecule has 0 unspecified atom stereocenters. The van der Waals surface area contributed by atoms with Gasteiger partial charge in [-0.1, -0.05) is 32.9 Å². The third-order valence-electron chi connectivity index (χ3n) is 5.98. The Labute approximate surface area is 182 Å². The summed E-state index contributed by atoms with van der Waals surface area (Å²) in [6.45, 7) is 11.9. The molecule has 1 fully saturated rings. The van der Waals surface area contributed by atoms with Crippen molar-refractivity contribution in [2.75, 3.05) is 31.6 Å². The van der Waals surface area contributed by atoms with Crippen molar-refractivity contribution in [1.29, 1.82) is 0 Å². The average Bonchev–Trinajstić information content (AvgIpc) is 2.74. The molecule has 2 aromatic rings. The fourth-order valence-electron chi connectivity index (χ4n) is 3.94. The second-order valence-electron chi connectivity index (χ2n) is 9.25. The molecule has 1 aromatic carbocycles. The highest BCUT2D eigenvalue weighted by Gasteiger charge is 2.21. The van der Waals surface area contributed by atoms with Gasteiger partial charge in [0, 0.05) is 50.8 Å². The van der Waals surface area contributed by atoms with Gasteiger partial charge in [-0.05, 0) is 66.5 Å². The normalized spacial score (nSPS) is 15.9. The van der Waals surface area contributed by atoms with Crippen LogP contribution in [0, 0.1) is 6.92 Å². The molecule has 0 bridgehead atoms. The molecule has 0 spiro atoms. The van der Waals surface area contributed by atoms with Gasteiger partial charge in [-0.15, -0.1) is 0 Å². The minimum absolute atomic E-state index is 0.203. The topological polar surface area (TPSA) is 52.6 Å². The molecule has 1 saturated heterocycles. The van der Waals surface area contributed by atoms with Crippen LogP contribution >= 0.6 is 0 Å². The van der Waals surface area contributed by atoms with Crippen molar-refractivity contribution in [2.24, 2.45) is 4.99 Å². The van der Waals surface area contributed by atoms with Crippen LogP contribution in [0.5, 0.6) is 0 Å². The number of benzene rings is 1. The van der Waals surface area contributed by atoms with Gasteiger partial charge in [-0.2, -0.15) is 0 Å². The summed E-state index contributed by atoms with van der Waals surface area (Å²) >= 11 is 0. The number of aromatic nitrogens is 1. The number of aryl methyl sites for hydroxylation is 1. The van der Waals surface area contributed by atoms with Crippen LogP contribution in [-0.2, 0) is 11.8 Å². The van der Waals surface area contributed by atoms with Gasteiger partial charge >= 0.3 is 0 Å². The van der Waals surface area contributed by atoms with Crippen molar-refractivity contribution in [3.05, 3.63) is 59.4 Å². The molecular formula is C25H37N5. The first-order valence-electron chi connectivity index (χ1n) is 11.1. The molecule has 30 heavy (non-hydrogen) atoms. The maximum atomic E-state index is 4.41. The number of pyridine rings is 1. The van der Waals surface area contributed by atoms with E-state index in [1.54, 1.807) is 0 Å². The first kappa shape index (κ1) is 22.1. The fourth-order valence-corrected chi connectivity index (χ4v) is 3.94. The van der Waals surface area contributed by atoms with Crippen molar-refractivity contribution >= 4 is 11.6 Å². The molecule has 0 atom stereocenters. The van der Waals surface area contributed by atoms with Gasteiger partial charge < -0.3 is 15.5 Å². The molecule has 2 heterocycles. The monoisotopic (exact) mass is 407 g/mol. The standard InChI is InChI=1S/C25H37N5/c1-19-18-27-14-10-20(19)11-15-28-24(26-5)29-22-12-16-30(17-13-22)23-8-6-21(7-9-23)25(2,3)4/h6-10,14,18,22H,11-13,15-17H2,1-5H3,(H2,26,28,29). The lowest BCUT2D eigenvalue weighted by molar-refractivity contribution is 0.461. The Bertz CT molecular complexity index is 827. The van der Waals surface area contributed by atoms with Crippen molar-refractivity contribution in [3.63, 3.8) is 0 Å². The van der Waals surface area contributed by atoms with Gasteiger partial charge in [0.1, 0.15) is 0 Å². The van der Waals surface area contributed by atoms with Crippen molar-refractivity contribution in [2.45, 2.75) is 58.4 Å². The van der Waals surface area contributed by atoms with E-state index in [0.717, 1.165) is 44.9 Å². The number of anilines is 1. The smallest absolute Gasteiger partial charge is 0.191 e. The van der Waals surface area contributed by atoms with Crippen molar-refractivity contribution in [3.8, 4) is 0 Å². The molecule has 0 aliphatic carbocycles. The highest BCUT2D eigenvalue weighted by molar-refractivity contribution is 5.80. The molecule has 3 rings (SSSR count). The molecular weight excluding hydrogens is 370 g/mol. The number of hydrogen-bond donors (Lipinski definition) is 2. The van der Waals surface area contributed by atoms with Crippen molar-refractivity contribution < 1.29 is 0 Å². The van der Waals surface area contributed by atoms with Gasteiger partial charge in [0.05, 0.1) is 0 Å². The largest absolute Gasteiger partial charge is 0.371 e. The third kappa shape index (κ3) is 5.97. The van der Waals surface area contributed by atoms with Crippen LogP contribution in [-0.4, -0.2) is 43.7 Å². The van der Waals surface area contributed by atoms with E-state index in [1.807, 2.05) is 19.4 Å². The molecule has 1 aromatic heterocycles. The summed E-state index contributed by atoms with van der Waals surface area (Å²) in [5.41, 5.74) is 5.49. The Morgan fingerprint density at radius 3 is 2.43 bits per heavy atom. The number of aliphatic imine (C=N–C) groups is 1. The van der Waals surface area contributed by atoms with E-state index in [2.05, 4.69) is 83.5 Å². The third-order valence-corrected chi connectivity index (χ3v) is 5.98. The van der Waals surface area contributed by atoms with E-state index in [-0.39, 0.29) is 5.41 Å². The molecule has 1 aliphatic rings. The zero-order valence-electron chi connectivity index (χ0n) is 19.2. The van der Waals surface area contributed by atoms with Gasteiger partial charge in [-0.25, -0.2) is 0 Å². The number of nitrogens with zero attached hydrogens (tertiary/aromatic N) is 3. The number of hydrogen-bond acceptors (Lipinski definition) is 3. The fraction of sp³-hybridized carbons (Fsp3) is 0.520. The number of piperidine rings is 1. The predicted molar refractivity (Wildman–Crippen MR) is 128 cm³/mol. The van der Waals surface area contributed by atoms with E-state index >= 15 is 0 Å². The lowest BCUT2D eigenvalue weighted by Crippen LogP contribution is -2.49. The van der Waals surface area contributed by atoms with Gasteiger partial charge in [-0.3, -0.25) is 9.98 Å². The van der Waals surface area contributed by atoms with Crippen LogP contribution in [0.4, 0.5) is 5.69 Å². The Hall–Kier alpha value is -2.56. The summed E-state index contributed by atoms with van der Waals surface area (Å²) in [5, 5.41) is 7.07. The van der Waals surface area contributed by atoms with Gasteiger partial charge in [0.15, 0.2) is 5.96 Å². The van der Waals surface area contributed by atoms with Crippen LogP contribution in [0.25, 0.3) is 0 Å². The van der Waals surface area contributed by atoms with E-state index in [1.165, 1.54) is 22.4 Å². The van der Waals surface area contributed by atoms with Crippen LogP contribution in [0.3, 0.4) is 0 Å².